The molecule has 2 aromatic rings. The van der Waals surface area contributed by atoms with Gasteiger partial charge in [-0.15, -0.1) is 0 Å². The summed E-state index contributed by atoms with van der Waals surface area (Å²) in [6, 6.07) is 10.4. The molecule has 1 saturated heterocycles. The van der Waals surface area contributed by atoms with Gasteiger partial charge in [0.2, 0.25) is 5.12 Å². The molecule has 0 saturated carbocycles. The predicted molar refractivity (Wildman–Crippen MR) is 94.5 cm³/mol. The number of aryl methyl sites for hydroxylation is 1. The summed E-state index contributed by atoms with van der Waals surface area (Å²) in [6.07, 6.45) is 1.35. The lowest BCUT2D eigenvalue weighted by atomic mass is 10.1. The molecule has 0 radical (unpaired) electrons. The number of nitrogens with one attached hydrogen (secondary N) is 1. The monoisotopic (exact) mass is 358 g/mol. The Labute approximate surface area is 149 Å². The molecular weight excluding hydrogens is 340 g/mol. The van der Waals surface area contributed by atoms with Gasteiger partial charge in [0.05, 0.1) is 5.69 Å². The molecule has 0 bridgehead atoms. The fourth-order valence-corrected chi connectivity index (χ4v) is 3.09. The van der Waals surface area contributed by atoms with Gasteiger partial charge in [0.15, 0.2) is 0 Å². The van der Waals surface area contributed by atoms with Crippen LogP contribution >= 0.6 is 11.8 Å². The van der Waals surface area contributed by atoms with E-state index >= 15 is 0 Å². The summed E-state index contributed by atoms with van der Waals surface area (Å²) in [4.78, 5) is 27.0. The molecule has 2 heterocycles. The van der Waals surface area contributed by atoms with Gasteiger partial charge in [-0.3, -0.25) is 14.6 Å². The number of hydrogen-bond acceptors (Lipinski definition) is 6. The van der Waals surface area contributed by atoms with Crippen molar-refractivity contribution in [3.05, 3.63) is 59.4 Å². The second-order valence-electron chi connectivity index (χ2n) is 5.84. The van der Waals surface area contributed by atoms with E-state index in [0.29, 0.717) is 29.6 Å². The third-order valence-corrected chi connectivity index (χ3v) is 4.61. The molecule has 1 aromatic heterocycles. The Morgan fingerprint density at radius 2 is 2.00 bits per heavy atom. The van der Waals surface area contributed by atoms with Gasteiger partial charge in [-0.05, 0) is 36.2 Å². The van der Waals surface area contributed by atoms with Crippen LogP contribution < -0.4 is 10.1 Å². The van der Waals surface area contributed by atoms with Crippen molar-refractivity contribution < 1.29 is 19.4 Å². The Morgan fingerprint density at radius 3 is 2.60 bits per heavy atom. The number of amides is 1. The van der Waals surface area contributed by atoms with E-state index in [2.05, 4.69) is 10.3 Å². The number of ether oxygens (including phenoxy) is 1. The smallest absolute Gasteiger partial charge is 0.287 e. The van der Waals surface area contributed by atoms with E-state index in [9.17, 15) is 14.7 Å². The Kier molecular flexibility index (Phi) is 5.35. The van der Waals surface area contributed by atoms with Crippen molar-refractivity contribution in [2.45, 2.75) is 25.5 Å². The maximum atomic E-state index is 11.6. The van der Waals surface area contributed by atoms with E-state index in [0.717, 1.165) is 11.1 Å². The number of thioether (sulfide) groups is 1. The van der Waals surface area contributed by atoms with Crippen LogP contribution in [0.5, 0.6) is 5.75 Å². The lowest BCUT2D eigenvalue weighted by molar-refractivity contribution is -0.112. The maximum Gasteiger partial charge on any atom is 0.287 e. The topological polar surface area (TPSA) is 88.5 Å². The third kappa shape index (κ3) is 4.58. The first-order valence-corrected chi connectivity index (χ1v) is 8.67. The second-order valence-corrected chi connectivity index (χ2v) is 6.82. The first-order chi connectivity index (χ1) is 12.0. The van der Waals surface area contributed by atoms with Crippen molar-refractivity contribution in [1.29, 1.82) is 0 Å². The highest BCUT2D eigenvalue weighted by Gasteiger charge is 2.31. The quantitative estimate of drug-likeness (QED) is 0.824. The van der Waals surface area contributed by atoms with E-state index in [4.69, 9.17) is 4.74 Å². The number of rotatable bonds is 6. The van der Waals surface area contributed by atoms with Crippen LogP contribution in [-0.4, -0.2) is 33.1 Å². The molecule has 1 aliphatic heterocycles. The number of hydrogen-bond donors (Lipinski definition) is 2. The van der Waals surface area contributed by atoms with Crippen LogP contribution in [0.1, 0.15) is 22.9 Å². The van der Waals surface area contributed by atoms with Gasteiger partial charge in [0, 0.05) is 24.4 Å². The fraction of sp³-hybridized carbons (Fsp3) is 0.278. The van der Waals surface area contributed by atoms with Crippen molar-refractivity contribution >= 4 is 22.1 Å². The summed E-state index contributed by atoms with van der Waals surface area (Å²) in [7, 11) is 0. The first kappa shape index (κ1) is 17.4. The first-order valence-electron chi connectivity index (χ1n) is 7.86. The molecule has 25 heavy (non-hydrogen) atoms. The molecule has 7 heteroatoms. The standard InChI is InChI=1S/C18H18N2O4S/c1-11-2-7-14(19-9-11)16(21)10-24-13-5-3-12(4-6-13)8-15-17(22)25-18(23)20-15/h2-7,9,15-16,21H,8,10H2,1H3,(H,20,23). The Morgan fingerprint density at radius 1 is 1.24 bits per heavy atom. The van der Waals surface area contributed by atoms with Crippen LogP contribution in [0, 0.1) is 6.92 Å². The van der Waals surface area contributed by atoms with Gasteiger partial charge >= 0.3 is 0 Å². The van der Waals surface area contributed by atoms with Gasteiger partial charge in [-0.25, -0.2) is 0 Å². The van der Waals surface area contributed by atoms with Crippen LogP contribution in [0.4, 0.5) is 4.79 Å². The summed E-state index contributed by atoms with van der Waals surface area (Å²) in [5.41, 5.74) is 2.52. The predicted octanol–water partition coefficient (Wildman–Crippen LogP) is 2.40. The minimum Gasteiger partial charge on any atom is -0.490 e. The lowest BCUT2D eigenvalue weighted by Gasteiger charge is -2.13. The summed E-state index contributed by atoms with van der Waals surface area (Å²) in [6.45, 7) is 2.04. The molecule has 3 rings (SSSR count). The molecule has 1 amide bonds. The number of aliphatic hydroxyl groups excluding tert-OH is 1. The van der Waals surface area contributed by atoms with E-state index < -0.39 is 12.1 Å². The average Bonchev–Trinajstić information content (AvgIpc) is 2.92. The highest BCUT2D eigenvalue weighted by Crippen LogP contribution is 2.21. The van der Waals surface area contributed by atoms with Crippen molar-refractivity contribution in [3.63, 3.8) is 0 Å². The largest absolute Gasteiger partial charge is 0.490 e. The van der Waals surface area contributed by atoms with Crippen molar-refractivity contribution in [2.75, 3.05) is 6.61 Å². The van der Waals surface area contributed by atoms with Gasteiger partial charge in [-0.1, -0.05) is 18.2 Å². The Balaban J connectivity index is 1.53. The molecule has 6 nitrogen and oxygen atoms in total. The summed E-state index contributed by atoms with van der Waals surface area (Å²) in [5.74, 6) is 0.617. The van der Waals surface area contributed by atoms with Gasteiger partial charge < -0.3 is 15.2 Å². The van der Waals surface area contributed by atoms with Crippen LogP contribution in [0.3, 0.4) is 0 Å². The summed E-state index contributed by atoms with van der Waals surface area (Å²) < 4.78 is 5.58. The fourth-order valence-electron chi connectivity index (χ4n) is 2.42. The highest BCUT2D eigenvalue weighted by molar-refractivity contribution is 8.26. The van der Waals surface area contributed by atoms with Crippen molar-refractivity contribution in [2.24, 2.45) is 0 Å². The van der Waals surface area contributed by atoms with E-state index in [1.165, 1.54) is 0 Å². The normalized spacial score (nSPS) is 18.1. The zero-order valence-electron chi connectivity index (χ0n) is 13.6. The van der Waals surface area contributed by atoms with E-state index in [-0.39, 0.29) is 17.0 Å². The average molecular weight is 358 g/mol. The lowest BCUT2D eigenvalue weighted by Crippen LogP contribution is -2.30. The van der Waals surface area contributed by atoms with Crippen molar-refractivity contribution in [1.82, 2.24) is 10.3 Å². The second kappa shape index (κ2) is 7.67. The Bertz CT molecular complexity index is 762. The van der Waals surface area contributed by atoms with Gasteiger partial charge in [0.1, 0.15) is 24.5 Å². The van der Waals surface area contributed by atoms with Crippen LogP contribution in [-0.2, 0) is 11.2 Å². The molecule has 2 N–H and O–H groups in total. The molecule has 1 aromatic carbocycles. The number of benzene rings is 1. The Hall–Kier alpha value is -2.38. The number of aliphatic hydroxyl groups is 1. The van der Waals surface area contributed by atoms with Crippen LogP contribution in [0.2, 0.25) is 0 Å². The van der Waals surface area contributed by atoms with Gasteiger partial charge in [0.25, 0.3) is 5.24 Å². The van der Waals surface area contributed by atoms with Crippen molar-refractivity contribution in [3.8, 4) is 5.75 Å². The highest BCUT2D eigenvalue weighted by atomic mass is 32.2. The zero-order chi connectivity index (χ0) is 17.8. The summed E-state index contributed by atoms with van der Waals surface area (Å²) in [5, 5.41) is 12.3. The van der Waals surface area contributed by atoms with Crippen LogP contribution in [0.25, 0.3) is 0 Å². The SMILES string of the molecule is Cc1ccc(C(O)COc2ccc(CC3NC(=O)SC3=O)cc2)nc1. The maximum absolute atomic E-state index is 11.6. The number of carbonyl (C=O) groups excluding carboxylic acids is 2. The van der Waals surface area contributed by atoms with E-state index in [1.807, 2.05) is 25.1 Å². The molecule has 1 aliphatic rings. The van der Waals surface area contributed by atoms with Crippen LogP contribution in [0.15, 0.2) is 42.6 Å². The number of aromatic nitrogens is 1. The minimum atomic E-state index is -0.802. The minimum absolute atomic E-state index is 0.100. The number of carbonyl (C=O) groups is 2. The third-order valence-electron chi connectivity index (χ3n) is 3.82. The molecule has 0 spiro atoms. The molecule has 1 fully saturated rings. The van der Waals surface area contributed by atoms with Gasteiger partial charge in [-0.2, -0.15) is 0 Å². The van der Waals surface area contributed by atoms with E-state index in [1.54, 1.807) is 24.4 Å². The number of pyridine rings is 1. The molecule has 130 valence electrons. The molecule has 2 atom stereocenters. The number of nitrogens with zero attached hydrogens (tertiary/aromatic N) is 1. The molecule has 0 aliphatic carbocycles. The summed E-state index contributed by atoms with van der Waals surface area (Å²) >= 11 is 0.714. The molecule has 2 unspecified atom stereocenters. The molecular formula is C18H18N2O4S. The zero-order valence-corrected chi connectivity index (χ0v) is 14.5.